The molecule has 0 saturated carbocycles. The summed E-state index contributed by atoms with van der Waals surface area (Å²) in [6, 6.07) is 13.9. The first-order chi connectivity index (χ1) is 12.1. The minimum atomic E-state index is -0.247. The lowest BCUT2D eigenvalue weighted by molar-refractivity contribution is 0.223. The molecule has 0 spiro atoms. The smallest absolute Gasteiger partial charge is 0.191 e. The minimum Gasteiger partial charge on any atom is -0.497 e. The molecule has 0 amide bonds. The van der Waals surface area contributed by atoms with Crippen LogP contribution in [-0.4, -0.2) is 32.8 Å². The Morgan fingerprint density at radius 3 is 2.42 bits per heavy atom. The van der Waals surface area contributed by atoms with Gasteiger partial charge in [0.1, 0.15) is 23.4 Å². The predicted molar refractivity (Wildman–Crippen MR) is 113 cm³/mol. The third-order valence-corrected chi connectivity index (χ3v) is 3.53. The van der Waals surface area contributed by atoms with Gasteiger partial charge in [-0.15, -0.1) is 24.0 Å². The molecule has 2 N–H and O–H groups in total. The fraction of sp³-hybridized carbons (Fsp3) is 0.316. The summed E-state index contributed by atoms with van der Waals surface area (Å²) >= 11 is 0. The molecule has 2 aromatic carbocycles. The SMILES string of the molecule is CN=C(NCc1cccc(F)c1)NCC(C)Oc1ccc(OC)cc1.I. The average Bonchev–Trinajstić information content (AvgIpc) is 2.62. The highest BCUT2D eigenvalue weighted by atomic mass is 127. The van der Waals surface area contributed by atoms with Crippen molar-refractivity contribution in [3.63, 3.8) is 0 Å². The number of nitrogens with zero attached hydrogens (tertiary/aromatic N) is 1. The molecule has 7 heteroatoms. The van der Waals surface area contributed by atoms with E-state index in [-0.39, 0.29) is 35.9 Å². The summed E-state index contributed by atoms with van der Waals surface area (Å²) in [5.41, 5.74) is 0.852. The lowest BCUT2D eigenvalue weighted by atomic mass is 10.2. The second-order valence-electron chi connectivity index (χ2n) is 5.54. The molecule has 0 aliphatic heterocycles. The maximum Gasteiger partial charge on any atom is 0.191 e. The van der Waals surface area contributed by atoms with E-state index in [4.69, 9.17) is 9.47 Å². The number of nitrogens with one attached hydrogen (secondary N) is 2. The highest BCUT2D eigenvalue weighted by Gasteiger charge is 2.06. The summed E-state index contributed by atoms with van der Waals surface area (Å²) in [5.74, 6) is 1.95. The largest absolute Gasteiger partial charge is 0.497 e. The minimum absolute atomic E-state index is 0. The van der Waals surface area contributed by atoms with Gasteiger partial charge in [-0.3, -0.25) is 4.99 Å². The molecule has 0 aromatic heterocycles. The second-order valence-corrected chi connectivity index (χ2v) is 5.54. The molecule has 0 aliphatic rings. The highest BCUT2D eigenvalue weighted by Crippen LogP contribution is 2.17. The maximum atomic E-state index is 13.2. The van der Waals surface area contributed by atoms with Gasteiger partial charge in [0.15, 0.2) is 5.96 Å². The Balaban J connectivity index is 0.00000338. The fourth-order valence-electron chi connectivity index (χ4n) is 2.22. The number of hydrogen-bond donors (Lipinski definition) is 2. The fourth-order valence-corrected chi connectivity index (χ4v) is 2.22. The number of ether oxygens (including phenoxy) is 2. The molecular weight excluding hydrogens is 448 g/mol. The molecule has 0 bridgehead atoms. The summed E-state index contributed by atoms with van der Waals surface area (Å²) in [4.78, 5) is 4.16. The van der Waals surface area contributed by atoms with Crippen LogP contribution in [0.25, 0.3) is 0 Å². The second kappa shape index (κ2) is 11.6. The Bertz CT molecular complexity index is 695. The third-order valence-electron chi connectivity index (χ3n) is 3.53. The number of aliphatic imine (C=N–C) groups is 1. The predicted octanol–water partition coefficient (Wildman–Crippen LogP) is 3.58. The summed E-state index contributed by atoms with van der Waals surface area (Å²) in [6.45, 7) is 3.04. The zero-order chi connectivity index (χ0) is 18.1. The molecule has 2 aromatic rings. The van der Waals surface area contributed by atoms with Crippen molar-refractivity contribution < 1.29 is 13.9 Å². The molecule has 142 valence electrons. The Morgan fingerprint density at radius 1 is 1.12 bits per heavy atom. The Morgan fingerprint density at radius 2 is 1.81 bits per heavy atom. The van der Waals surface area contributed by atoms with Crippen LogP contribution in [0.4, 0.5) is 4.39 Å². The van der Waals surface area contributed by atoms with E-state index in [1.807, 2.05) is 37.3 Å². The number of halogens is 2. The van der Waals surface area contributed by atoms with Gasteiger partial charge in [0.2, 0.25) is 0 Å². The molecule has 5 nitrogen and oxygen atoms in total. The summed E-state index contributed by atoms with van der Waals surface area (Å²) < 4.78 is 24.1. The van der Waals surface area contributed by atoms with Gasteiger partial charge >= 0.3 is 0 Å². The van der Waals surface area contributed by atoms with Crippen molar-refractivity contribution in [2.75, 3.05) is 20.7 Å². The van der Waals surface area contributed by atoms with Crippen LogP contribution in [0.2, 0.25) is 0 Å². The quantitative estimate of drug-likeness (QED) is 0.367. The van der Waals surface area contributed by atoms with Gasteiger partial charge in [-0.05, 0) is 48.9 Å². The van der Waals surface area contributed by atoms with Crippen molar-refractivity contribution >= 4 is 29.9 Å². The topological polar surface area (TPSA) is 54.9 Å². The highest BCUT2D eigenvalue weighted by molar-refractivity contribution is 14.0. The van der Waals surface area contributed by atoms with E-state index < -0.39 is 0 Å². The van der Waals surface area contributed by atoms with Crippen LogP contribution in [0, 0.1) is 5.82 Å². The molecule has 0 aliphatic carbocycles. The lowest BCUT2D eigenvalue weighted by Gasteiger charge is -2.18. The molecule has 2 rings (SSSR count). The van der Waals surface area contributed by atoms with Gasteiger partial charge in [0, 0.05) is 13.6 Å². The van der Waals surface area contributed by atoms with Gasteiger partial charge < -0.3 is 20.1 Å². The zero-order valence-electron chi connectivity index (χ0n) is 15.2. The molecule has 1 atom stereocenters. The van der Waals surface area contributed by atoms with Crippen LogP contribution in [0.3, 0.4) is 0 Å². The van der Waals surface area contributed by atoms with Crippen molar-refractivity contribution in [2.45, 2.75) is 19.6 Å². The van der Waals surface area contributed by atoms with E-state index >= 15 is 0 Å². The van der Waals surface area contributed by atoms with Crippen molar-refractivity contribution in [1.82, 2.24) is 10.6 Å². The Kier molecular flexibility index (Phi) is 9.79. The summed E-state index contributed by atoms with van der Waals surface area (Å²) in [5, 5.41) is 6.34. The molecule has 0 saturated heterocycles. The number of guanidine groups is 1. The van der Waals surface area contributed by atoms with Crippen molar-refractivity contribution in [3.05, 3.63) is 59.9 Å². The number of methoxy groups -OCH3 is 1. The molecule has 26 heavy (non-hydrogen) atoms. The van der Waals surface area contributed by atoms with Crippen molar-refractivity contribution in [1.29, 1.82) is 0 Å². The van der Waals surface area contributed by atoms with E-state index in [2.05, 4.69) is 15.6 Å². The first kappa shape index (κ1) is 22.0. The first-order valence-electron chi connectivity index (χ1n) is 8.10. The van der Waals surface area contributed by atoms with E-state index in [9.17, 15) is 4.39 Å². The van der Waals surface area contributed by atoms with Gasteiger partial charge in [0.25, 0.3) is 0 Å². The van der Waals surface area contributed by atoms with Gasteiger partial charge in [-0.1, -0.05) is 12.1 Å². The number of benzene rings is 2. The molecule has 1 unspecified atom stereocenters. The van der Waals surface area contributed by atoms with Crippen LogP contribution >= 0.6 is 24.0 Å². The summed E-state index contributed by atoms with van der Waals surface area (Å²) in [6.07, 6.45) is -0.0545. The molecule has 0 fully saturated rings. The van der Waals surface area contributed by atoms with Crippen LogP contribution in [-0.2, 0) is 6.54 Å². The first-order valence-corrected chi connectivity index (χ1v) is 8.10. The maximum absolute atomic E-state index is 13.2. The molecule has 0 heterocycles. The van der Waals surface area contributed by atoms with Crippen molar-refractivity contribution in [2.24, 2.45) is 4.99 Å². The van der Waals surface area contributed by atoms with Crippen LogP contribution in [0.15, 0.2) is 53.5 Å². The number of rotatable bonds is 7. The normalized spacial score (nSPS) is 11.9. The van der Waals surface area contributed by atoms with Crippen LogP contribution in [0.1, 0.15) is 12.5 Å². The monoisotopic (exact) mass is 473 g/mol. The van der Waals surface area contributed by atoms with Crippen molar-refractivity contribution in [3.8, 4) is 11.5 Å². The summed E-state index contributed by atoms with van der Waals surface area (Å²) in [7, 11) is 3.32. The Hall–Kier alpha value is -2.03. The van der Waals surface area contributed by atoms with E-state index in [1.165, 1.54) is 12.1 Å². The standard InChI is InChI=1S/C19H24FN3O2.HI/c1-14(25-18-9-7-17(24-3)8-10-18)12-22-19(21-2)23-13-15-5-4-6-16(20)11-15;/h4-11,14H,12-13H2,1-3H3,(H2,21,22,23);1H. The van der Waals surface area contributed by atoms with Crippen LogP contribution in [0.5, 0.6) is 11.5 Å². The molecular formula is C19H25FIN3O2. The van der Waals surface area contributed by atoms with E-state index in [1.54, 1.807) is 20.2 Å². The number of hydrogen-bond acceptors (Lipinski definition) is 3. The van der Waals surface area contributed by atoms with Gasteiger partial charge in [-0.25, -0.2) is 4.39 Å². The van der Waals surface area contributed by atoms with E-state index in [0.29, 0.717) is 19.0 Å². The van der Waals surface area contributed by atoms with E-state index in [0.717, 1.165) is 17.1 Å². The average molecular weight is 473 g/mol. The van der Waals surface area contributed by atoms with Gasteiger partial charge in [-0.2, -0.15) is 0 Å². The van der Waals surface area contributed by atoms with Crippen LogP contribution < -0.4 is 20.1 Å². The van der Waals surface area contributed by atoms with Gasteiger partial charge in [0.05, 0.1) is 13.7 Å². The third kappa shape index (κ3) is 7.47. The zero-order valence-corrected chi connectivity index (χ0v) is 17.5. The Labute approximate surface area is 171 Å². The molecule has 0 radical (unpaired) electrons. The lowest BCUT2D eigenvalue weighted by Crippen LogP contribution is -2.41.